The minimum absolute atomic E-state index is 0.354. The molecule has 0 N–H and O–H groups in total. The predicted molar refractivity (Wildman–Crippen MR) is 52.7 cm³/mol. The number of halogens is 1. The highest BCUT2D eigenvalue weighted by atomic mass is 19.1. The van der Waals surface area contributed by atoms with E-state index in [1.165, 1.54) is 32.8 Å². The highest BCUT2D eigenvalue weighted by Crippen LogP contribution is 2.27. The number of alkyl halides is 1. The van der Waals surface area contributed by atoms with E-state index in [9.17, 15) is 9.18 Å². The topological polar surface area (TPSA) is 26.3 Å². The lowest BCUT2D eigenvalue weighted by molar-refractivity contribution is -0.147. The van der Waals surface area contributed by atoms with E-state index in [0.717, 1.165) is 12.8 Å². The van der Waals surface area contributed by atoms with Crippen molar-refractivity contribution < 1.29 is 13.9 Å². The van der Waals surface area contributed by atoms with Crippen molar-refractivity contribution in [2.45, 2.75) is 51.1 Å². The van der Waals surface area contributed by atoms with Gasteiger partial charge in [-0.15, -0.1) is 0 Å². The summed E-state index contributed by atoms with van der Waals surface area (Å²) in [6.45, 7) is 0. The van der Waals surface area contributed by atoms with Crippen molar-refractivity contribution in [3.63, 3.8) is 0 Å². The maximum atomic E-state index is 13.2. The van der Waals surface area contributed by atoms with Gasteiger partial charge in [0.2, 0.25) is 0 Å². The van der Waals surface area contributed by atoms with Gasteiger partial charge < -0.3 is 4.74 Å². The lowest BCUT2D eigenvalue weighted by Gasteiger charge is -2.15. The zero-order valence-corrected chi connectivity index (χ0v) is 8.80. The van der Waals surface area contributed by atoms with Gasteiger partial charge in [0.1, 0.15) is 0 Å². The molecule has 1 aliphatic rings. The Kier molecular flexibility index (Phi) is 4.91. The van der Waals surface area contributed by atoms with Gasteiger partial charge in [-0.1, -0.05) is 38.5 Å². The maximum Gasteiger partial charge on any atom is 0.340 e. The summed E-state index contributed by atoms with van der Waals surface area (Å²) in [5.74, 6) is -0.333. The van der Waals surface area contributed by atoms with E-state index in [0.29, 0.717) is 12.3 Å². The lowest BCUT2D eigenvalue weighted by Crippen LogP contribution is -2.20. The normalized spacial score (nSPS) is 21.3. The van der Waals surface area contributed by atoms with Crippen LogP contribution in [0.4, 0.5) is 4.39 Å². The number of rotatable bonds is 3. The van der Waals surface area contributed by atoms with E-state index in [2.05, 4.69) is 4.74 Å². The molecule has 2 nitrogen and oxygen atoms in total. The second-order valence-corrected chi connectivity index (χ2v) is 4.08. The summed E-state index contributed by atoms with van der Waals surface area (Å²) in [4.78, 5) is 10.9. The zero-order chi connectivity index (χ0) is 10.4. The first kappa shape index (κ1) is 11.5. The largest absolute Gasteiger partial charge is 0.467 e. The molecule has 0 aromatic rings. The van der Waals surface area contributed by atoms with E-state index >= 15 is 0 Å². The van der Waals surface area contributed by atoms with Gasteiger partial charge in [-0.3, -0.25) is 0 Å². The molecule has 0 radical (unpaired) electrons. The van der Waals surface area contributed by atoms with Crippen LogP contribution < -0.4 is 0 Å². The Labute approximate surface area is 84.8 Å². The summed E-state index contributed by atoms with van der Waals surface area (Å²) in [6, 6.07) is 0. The van der Waals surface area contributed by atoms with Crippen molar-refractivity contribution in [1.82, 2.24) is 0 Å². The minimum Gasteiger partial charge on any atom is -0.467 e. The Hall–Kier alpha value is -0.600. The molecule has 3 heteroatoms. The van der Waals surface area contributed by atoms with Crippen molar-refractivity contribution >= 4 is 5.97 Å². The quantitative estimate of drug-likeness (QED) is 0.519. The smallest absolute Gasteiger partial charge is 0.340 e. The third-order valence-electron chi connectivity index (χ3n) is 2.97. The van der Waals surface area contributed by atoms with Gasteiger partial charge in [-0.05, 0) is 12.3 Å². The third-order valence-corrected chi connectivity index (χ3v) is 2.97. The average molecular weight is 202 g/mol. The van der Waals surface area contributed by atoms with Gasteiger partial charge in [0, 0.05) is 0 Å². The van der Waals surface area contributed by atoms with Crippen molar-refractivity contribution in [2.24, 2.45) is 5.92 Å². The Balaban J connectivity index is 2.30. The molecule has 0 aromatic heterocycles. The lowest BCUT2D eigenvalue weighted by atomic mass is 9.94. The second kappa shape index (κ2) is 5.99. The van der Waals surface area contributed by atoms with Crippen LogP contribution in [0, 0.1) is 5.92 Å². The number of hydrogen-bond donors (Lipinski definition) is 0. The standard InChI is InChI=1S/C11H19FO2/c1-14-11(13)10(12)8-9-6-4-2-3-5-7-9/h9-10H,2-8H2,1H3. The third kappa shape index (κ3) is 3.64. The van der Waals surface area contributed by atoms with Gasteiger partial charge in [0.25, 0.3) is 0 Å². The van der Waals surface area contributed by atoms with Crippen LogP contribution in [-0.2, 0) is 9.53 Å². The monoisotopic (exact) mass is 202 g/mol. The molecule has 14 heavy (non-hydrogen) atoms. The number of esters is 1. The fourth-order valence-electron chi connectivity index (χ4n) is 2.12. The van der Waals surface area contributed by atoms with Crippen LogP contribution >= 0.6 is 0 Å². The summed E-state index contributed by atoms with van der Waals surface area (Å²) in [5.41, 5.74) is 0. The molecule has 0 aliphatic heterocycles. The predicted octanol–water partition coefficient (Wildman–Crippen LogP) is 2.86. The maximum absolute atomic E-state index is 13.2. The molecule has 0 heterocycles. The molecule has 1 fully saturated rings. The summed E-state index contributed by atoms with van der Waals surface area (Å²) in [6.07, 6.45) is 5.94. The molecule has 1 saturated carbocycles. The second-order valence-electron chi connectivity index (χ2n) is 4.08. The molecule has 1 aliphatic carbocycles. The molecule has 0 aromatic carbocycles. The first-order chi connectivity index (χ1) is 6.74. The van der Waals surface area contributed by atoms with Crippen molar-refractivity contribution in [3.05, 3.63) is 0 Å². The molecule has 0 spiro atoms. The van der Waals surface area contributed by atoms with E-state index in [4.69, 9.17) is 0 Å². The number of methoxy groups -OCH3 is 1. The zero-order valence-electron chi connectivity index (χ0n) is 8.80. The van der Waals surface area contributed by atoms with Gasteiger partial charge in [-0.2, -0.15) is 0 Å². The molecule has 82 valence electrons. The number of carbonyl (C=O) groups is 1. The summed E-state index contributed by atoms with van der Waals surface area (Å²) >= 11 is 0. The Morgan fingerprint density at radius 3 is 2.43 bits per heavy atom. The van der Waals surface area contributed by atoms with Crippen LogP contribution in [0.25, 0.3) is 0 Å². The molecular weight excluding hydrogens is 183 g/mol. The number of carbonyl (C=O) groups excluding carboxylic acids is 1. The summed E-state index contributed by atoms with van der Waals surface area (Å²) in [7, 11) is 1.24. The average Bonchev–Trinajstić information content (AvgIpc) is 2.45. The first-order valence-electron chi connectivity index (χ1n) is 5.46. The number of ether oxygens (including phenoxy) is 1. The van der Waals surface area contributed by atoms with Crippen LogP contribution in [0.15, 0.2) is 0 Å². The van der Waals surface area contributed by atoms with Gasteiger partial charge in [0.05, 0.1) is 7.11 Å². The molecule has 1 atom stereocenters. The number of hydrogen-bond acceptors (Lipinski definition) is 2. The molecular formula is C11H19FO2. The Morgan fingerprint density at radius 2 is 1.93 bits per heavy atom. The van der Waals surface area contributed by atoms with Gasteiger partial charge >= 0.3 is 5.97 Å². The molecule has 0 saturated heterocycles. The Bertz CT molecular complexity index is 174. The molecule has 1 rings (SSSR count). The summed E-state index contributed by atoms with van der Waals surface area (Å²) in [5, 5.41) is 0. The van der Waals surface area contributed by atoms with E-state index in [1.807, 2.05) is 0 Å². The van der Waals surface area contributed by atoms with Crippen LogP contribution in [0.3, 0.4) is 0 Å². The molecule has 1 unspecified atom stereocenters. The first-order valence-corrected chi connectivity index (χ1v) is 5.46. The molecule has 0 amide bonds. The van der Waals surface area contributed by atoms with Crippen molar-refractivity contribution in [2.75, 3.05) is 7.11 Å². The van der Waals surface area contributed by atoms with Crippen molar-refractivity contribution in [3.8, 4) is 0 Å². The van der Waals surface area contributed by atoms with Gasteiger partial charge in [0.15, 0.2) is 6.17 Å². The van der Waals surface area contributed by atoms with Crippen LogP contribution in [0.1, 0.15) is 44.9 Å². The van der Waals surface area contributed by atoms with E-state index in [1.54, 1.807) is 0 Å². The van der Waals surface area contributed by atoms with E-state index in [-0.39, 0.29) is 0 Å². The van der Waals surface area contributed by atoms with Gasteiger partial charge in [-0.25, -0.2) is 9.18 Å². The van der Waals surface area contributed by atoms with Crippen LogP contribution in [-0.4, -0.2) is 19.3 Å². The highest BCUT2D eigenvalue weighted by Gasteiger charge is 2.23. The fraction of sp³-hybridized carbons (Fsp3) is 0.909. The fourth-order valence-corrected chi connectivity index (χ4v) is 2.12. The minimum atomic E-state index is -1.41. The van der Waals surface area contributed by atoms with Crippen molar-refractivity contribution in [1.29, 1.82) is 0 Å². The highest BCUT2D eigenvalue weighted by molar-refractivity contribution is 5.74. The SMILES string of the molecule is COC(=O)C(F)CC1CCCCCC1. The van der Waals surface area contributed by atoms with Crippen LogP contribution in [0.2, 0.25) is 0 Å². The van der Waals surface area contributed by atoms with E-state index < -0.39 is 12.1 Å². The van der Waals surface area contributed by atoms with Crippen LogP contribution in [0.5, 0.6) is 0 Å². The molecule has 0 bridgehead atoms. The summed E-state index contributed by atoms with van der Waals surface area (Å²) < 4.78 is 17.6. The Morgan fingerprint density at radius 1 is 1.36 bits per heavy atom.